The van der Waals surface area contributed by atoms with Crippen molar-refractivity contribution in [3.8, 4) is 0 Å². The highest BCUT2D eigenvalue weighted by atomic mass is 35.5. The van der Waals surface area contributed by atoms with Crippen LogP contribution in [0, 0.1) is 5.41 Å². The number of hydrogen-bond acceptors (Lipinski definition) is 3. The van der Waals surface area contributed by atoms with Gasteiger partial charge in [-0.2, -0.15) is 0 Å². The normalized spacial score (nSPS) is 18.9. The Bertz CT molecular complexity index is 203. The van der Waals surface area contributed by atoms with Crippen LogP contribution in [-0.4, -0.2) is 36.7 Å². The van der Waals surface area contributed by atoms with Crippen LogP contribution in [0.4, 0.5) is 4.79 Å². The van der Waals surface area contributed by atoms with Gasteiger partial charge in [0.2, 0.25) is 0 Å². The van der Waals surface area contributed by atoms with Crippen molar-refractivity contribution < 1.29 is 9.53 Å². The summed E-state index contributed by atoms with van der Waals surface area (Å²) in [5, 5.41) is 0. The molecule has 1 amide bonds. The first-order chi connectivity index (χ1) is 5.91. The molecular formula is C9H19ClN2O2. The van der Waals surface area contributed by atoms with E-state index in [0.717, 1.165) is 0 Å². The summed E-state index contributed by atoms with van der Waals surface area (Å²) in [5.74, 6) is 0. The molecule has 0 saturated carbocycles. The molecule has 0 aromatic heterocycles. The van der Waals surface area contributed by atoms with Crippen molar-refractivity contribution in [3.05, 3.63) is 0 Å². The van der Waals surface area contributed by atoms with Crippen LogP contribution in [0.25, 0.3) is 0 Å². The van der Waals surface area contributed by atoms with E-state index in [1.165, 1.54) is 0 Å². The molecule has 84 valence electrons. The van der Waals surface area contributed by atoms with Crippen LogP contribution in [0.1, 0.15) is 20.8 Å². The summed E-state index contributed by atoms with van der Waals surface area (Å²) in [6.45, 7) is 7.96. The topological polar surface area (TPSA) is 55.6 Å². The zero-order chi connectivity index (χ0) is 10.1. The van der Waals surface area contributed by atoms with Gasteiger partial charge in [0.15, 0.2) is 0 Å². The first-order valence-electron chi connectivity index (χ1n) is 4.58. The first-order valence-corrected chi connectivity index (χ1v) is 4.58. The largest absolute Gasteiger partial charge is 0.448 e. The second-order valence-corrected chi connectivity index (χ2v) is 4.53. The number of cyclic esters (lactones) is 1. The maximum Gasteiger partial charge on any atom is 0.409 e. The lowest BCUT2D eigenvalue weighted by atomic mass is 9.87. The summed E-state index contributed by atoms with van der Waals surface area (Å²) in [7, 11) is 0. The van der Waals surface area contributed by atoms with Crippen LogP contribution < -0.4 is 5.73 Å². The molecule has 0 bridgehead atoms. The van der Waals surface area contributed by atoms with E-state index in [4.69, 9.17) is 10.5 Å². The number of carbonyl (C=O) groups excluding carboxylic acids is 1. The van der Waals surface area contributed by atoms with Gasteiger partial charge in [-0.1, -0.05) is 20.8 Å². The minimum absolute atomic E-state index is 0. The highest BCUT2D eigenvalue weighted by Crippen LogP contribution is 2.19. The Morgan fingerprint density at radius 3 is 2.50 bits per heavy atom. The quantitative estimate of drug-likeness (QED) is 0.765. The lowest BCUT2D eigenvalue weighted by molar-refractivity contribution is 0.151. The van der Waals surface area contributed by atoms with Crippen molar-refractivity contribution >= 4 is 18.5 Å². The van der Waals surface area contributed by atoms with Crippen molar-refractivity contribution in [3.63, 3.8) is 0 Å². The third-order valence-electron chi connectivity index (χ3n) is 2.37. The number of carbonyl (C=O) groups is 1. The Morgan fingerprint density at radius 2 is 2.14 bits per heavy atom. The zero-order valence-corrected chi connectivity index (χ0v) is 9.76. The molecule has 0 aromatic carbocycles. The monoisotopic (exact) mass is 222 g/mol. The Kier molecular flexibility index (Phi) is 4.68. The summed E-state index contributed by atoms with van der Waals surface area (Å²) in [5.41, 5.74) is 5.97. The molecule has 0 unspecified atom stereocenters. The lowest BCUT2D eigenvalue weighted by Crippen LogP contribution is -2.45. The molecule has 0 radical (unpaired) electrons. The van der Waals surface area contributed by atoms with Gasteiger partial charge in [-0.15, -0.1) is 12.4 Å². The summed E-state index contributed by atoms with van der Waals surface area (Å²) < 4.78 is 4.81. The SMILES string of the molecule is CC(C)(C)[C@H](N)CN1CCOC1=O.Cl. The number of nitrogens with two attached hydrogens (primary N) is 1. The van der Waals surface area contributed by atoms with Gasteiger partial charge in [-0.3, -0.25) is 0 Å². The van der Waals surface area contributed by atoms with Crippen molar-refractivity contribution in [2.45, 2.75) is 26.8 Å². The van der Waals surface area contributed by atoms with Gasteiger partial charge in [0.05, 0.1) is 6.54 Å². The van der Waals surface area contributed by atoms with Crippen molar-refractivity contribution in [2.75, 3.05) is 19.7 Å². The lowest BCUT2D eigenvalue weighted by Gasteiger charge is -2.29. The van der Waals surface area contributed by atoms with Crippen LogP contribution in [0.3, 0.4) is 0 Å². The fraction of sp³-hybridized carbons (Fsp3) is 0.889. The first kappa shape index (κ1) is 13.5. The molecule has 0 spiro atoms. The second-order valence-electron chi connectivity index (χ2n) is 4.53. The number of rotatable bonds is 2. The van der Waals surface area contributed by atoms with Crippen molar-refractivity contribution in [1.82, 2.24) is 4.90 Å². The van der Waals surface area contributed by atoms with E-state index in [0.29, 0.717) is 19.7 Å². The maximum atomic E-state index is 11.1. The van der Waals surface area contributed by atoms with Crippen molar-refractivity contribution in [1.29, 1.82) is 0 Å². The van der Waals surface area contributed by atoms with Gasteiger partial charge in [-0.25, -0.2) is 4.79 Å². The maximum absolute atomic E-state index is 11.1. The highest BCUT2D eigenvalue weighted by Gasteiger charge is 2.28. The molecule has 1 aliphatic heterocycles. The van der Waals surface area contributed by atoms with Gasteiger partial charge < -0.3 is 15.4 Å². The Hall–Kier alpha value is -0.480. The zero-order valence-electron chi connectivity index (χ0n) is 8.95. The van der Waals surface area contributed by atoms with Crippen molar-refractivity contribution in [2.24, 2.45) is 11.1 Å². The van der Waals surface area contributed by atoms with Gasteiger partial charge in [0.25, 0.3) is 0 Å². The van der Waals surface area contributed by atoms with Gasteiger partial charge in [0.1, 0.15) is 6.61 Å². The molecule has 4 nitrogen and oxygen atoms in total. The molecule has 1 fully saturated rings. The third-order valence-corrected chi connectivity index (χ3v) is 2.37. The van der Waals surface area contributed by atoms with Crippen LogP contribution in [0.2, 0.25) is 0 Å². The second kappa shape index (κ2) is 4.84. The van der Waals surface area contributed by atoms with E-state index >= 15 is 0 Å². The molecule has 2 N–H and O–H groups in total. The summed E-state index contributed by atoms with van der Waals surface area (Å²) in [6.07, 6.45) is -0.236. The third kappa shape index (κ3) is 3.35. The molecule has 1 rings (SSSR count). The Morgan fingerprint density at radius 1 is 1.57 bits per heavy atom. The predicted octanol–water partition coefficient (Wildman–Crippen LogP) is 1.23. The number of ether oxygens (including phenoxy) is 1. The fourth-order valence-electron chi connectivity index (χ4n) is 1.10. The molecule has 0 aromatic rings. The fourth-order valence-corrected chi connectivity index (χ4v) is 1.10. The number of nitrogens with zero attached hydrogens (tertiary/aromatic N) is 1. The average molecular weight is 223 g/mol. The van der Waals surface area contributed by atoms with Gasteiger partial charge in [0, 0.05) is 12.6 Å². The van der Waals surface area contributed by atoms with Gasteiger partial charge in [-0.05, 0) is 5.41 Å². The molecule has 1 atom stereocenters. The molecule has 0 aliphatic carbocycles. The number of hydrogen-bond donors (Lipinski definition) is 1. The summed E-state index contributed by atoms with van der Waals surface area (Å²) in [6, 6.07) is -0.00171. The van der Waals surface area contributed by atoms with Crippen LogP contribution in [-0.2, 0) is 4.74 Å². The number of amides is 1. The minimum Gasteiger partial charge on any atom is -0.448 e. The van der Waals surface area contributed by atoms with E-state index in [1.54, 1.807) is 4.90 Å². The summed E-state index contributed by atoms with van der Waals surface area (Å²) in [4.78, 5) is 12.7. The van der Waals surface area contributed by atoms with Crippen LogP contribution in [0.15, 0.2) is 0 Å². The van der Waals surface area contributed by atoms with E-state index in [2.05, 4.69) is 20.8 Å². The minimum atomic E-state index is -0.236. The number of halogens is 1. The predicted molar refractivity (Wildman–Crippen MR) is 57.6 cm³/mol. The van der Waals surface area contributed by atoms with Gasteiger partial charge >= 0.3 is 6.09 Å². The molecule has 1 heterocycles. The summed E-state index contributed by atoms with van der Waals surface area (Å²) >= 11 is 0. The molecule has 1 aliphatic rings. The molecular weight excluding hydrogens is 204 g/mol. The molecule has 14 heavy (non-hydrogen) atoms. The van der Waals surface area contributed by atoms with E-state index < -0.39 is 0 Å². The van der Waals surface area contributed by atoms with E-state index in [-0.39, 0.29) is 30.0 Å². The Labute approximate surface area is 91.2 Å². The highest BCUT2D eigenvalue weighted by molar-refractivity contribution is 5.85. The standard InChI is InChI=1S/C9H18N2O2.ClH/c1-9(2,3)7(10)6-11-4-5-13-8(11)12;/h7H,4-6,10H2,1-3H3;1H/t7-;/m1./s1. The van der Waals surface area contributed by atoms with E-state index in [1.807, 2.05) is 0 Å². The van der Waals surface area contributed by atoms with Crippen LogP contribution in [0.5, 0.6) is 0 Å². The van der Waals surface area contributed by atoms with Crippen LogP contribution >= 0.6 is 12.4 Å². The molecule has 1 saturated heterocycles. The van der Waals surface area contributed by atoms with E-state index in [9.17, 15) is 4.79 Å². The average Bonchev–Trinajstić information content (AvgIpc) is 2.34. The molecule has 5 heteroatoms. The Balaban J connectivity index is 0.00000169. The smallest absolute Gasteiger partial charge is 0.409 e.